The number of nitrogens with zero attached hydrogens (tertiary/aromatic N) is 2. The van der Waals surface area contributed by atoms with Crippen LogP contribution in [-0.2, 0) is 16.1 Å². The fraction of sp³-hybridized carbons (Fsp3) is 0.429. The first kappa shape index (κ1) is 26.9. The zero-order valence-corrected chi connectivity index (χ0v) is 21.3. The average molecular weight is 494 g/mol. The van der Waals surface area contributed by atoms with Crippen LogP contribution in [0.4, 0.5) is 0 Å². The van der Waals surface area contributed by atoms with Crippen LogP contribution in [-0.4, -0.2) is 59.7 Å². The molecule has 3 rings (SSSR count). The van der Waals surface area contributed by atoms with E-state index in [1.54, 1.807) is 36.3 Å². The van der Waals surface area contributed by atoms with Crippen LogP contribution in [0, 0.1) is 0 Å². The molecule has 1 heterocycles. The lowest BCUT2D eigenvalue weighted by atomic mass is 10.1. The smallest absolute Gasteiger partial charge is 0.261 e. The van der Waals surface area contributed by atoms with Gasteiger partial charge in [0.25, 0.3) is 11.8 Å². The number of ether oxygens (including phenoxy) is 1. The lowest BCUT2D eigenvalue weighted by molar-refractivity contribution is -0.141. The molecular formula is C28H35N3O5. The minimum Gasteiger partial charge on any atom is -0.497 e. The third-order valence-electron chi connectivity index (χ3n) is 6.38. The number of benzene rings is 2. The Kier molecular flexibility index (Phi) is 9.61. The predicted octanol–water partition coefficient (Wildman–Crippen LogP) is 3.80. The second kappa shape index (κ2) is 12.9. The van der Waals surface area contributed by atoms with E-state index in [1.807, 2.05) is 31.2 Å². The summed E-state index contributed by atoms with van der Waals surface area (Å²) >= 11 is 0. The maximum atomic E-state index is 13.4. The molecule has 0 spiro atoms. The van der Waals surface area contributed by atoms with Crippen LogP contribution in [0.1, 0.15) is 72.2 Å². The van der Waals surface area contributed by atoms with Gasteiger partial charge in [0.05, 0.1) is 18.2 Å². The quantitative estimate of drug-likeness (QED) is 0.338. The lowest BCUT2D eigenvalue weighted by Crippen LogP contribution is -2.49. The van der Waals surface area contributed by atoms with E-state index in [0.29, 0.717) is 36.3 Å². The van der Waals surface area contributed by atoms with Gasteiger partial charge in [-0.1, -0.05) is 44.5 Å². The van der Waals surface area contributed by atoms with E-state index in [4.69, 9.17) is 4.74 Å². The van der Waals surface area contributed by atoms with Crippen molar-refractivity contribution in [3.63, 3.8) is 0 Å². The van der Waals surface area contributed by atoms with Crippen LogP contribution in [0.15, 0.2) is 48.5 Å². The summed E-state index contributed by atoms with van der Waals surface area (Å²) in [6.07, 6.45) is 2.73. The predicted molar refractivity (Wildman–Crippen MR) is 137 cm³/mol. The van der Waals surface area contributed by atoms with Crippen molar-refractivity contribution >= 4 is 23.6 Å². The number of fused-ring (bicyclic) bond motifs is 1. The monoisotopic (exact) mass is 493 g/mol. The van der Waals surface area contributed by atoms with Crippen molar-refractivity contribution in [2.45, 2.75) is 58.5 Å². The Bertz CT molecular complexity index is 1050. The molecule has 192 valence electrons. The Labute approximate surface area is 212 Å². The number of unbranched alkanes of at least 4 members (excludes halogenated alkanes) is 1. The van der Waals surface area contributed by atoms with Crippen molar-refractivity contribution in [1.29, 1.82) is 0 Å². The lowest BCUT2D eigenvalue weighted by Gasteiger charge is -2.31. The topological polar surface area (TPSA) is 96.0 Å². The molecule has 0 radical (unpaired) electrons. The van der Waals surface area contributed by atoms with Gasteiger partial charge < -0.3 is 15.0 Å². The minimum absolute atomic E-state index is 0.113. The first-order valence-electron chi connectivity index (χ1n) is 12.6. The van der Waals surface area contributed by atoms with Crippen LogP contribution in [0.5, 0.6) is 5.75 Å². The maximum Gasteiger partial charge on any atom is 0.261 e. The van der Waals surface area contributed by atoms with Crippen molar-refractivity contribution in [2.24, 2.45) is 0 Å². The molecule has 2 aromatic carbocycles. The molecule has 1 atom stereocenters. The molecule has 8 nitrogen and oxygen atoms in total. The van der Waals surface area contributed by atoms with E-state index < -0.39 is 6.04 Å². The van der Waals surface area contributed by atoms with Crippen molar-refractivity contribution < 1.29 is 23.9 Å². The average Bonchev–Trinajstić information content (AvgIpc) is 3.14. The Hall–Kier alpha value is -3.68. The van der Waals surface area contributed by atoms with Crippen molar-refractivity contribution in [1.82, 2.24) is 15.1 Å². The number of nitrogens with one attached hydrogen (secondary N) is 1. The van der Waals surface area contributed by atoms with Crippen molar-refractivity contribution in [2.75, 3.05) is 20.2 Å². The molecule has 1 aliphatic rings. The van der Waals surface area contributed by atoms with Gasteiger partial charge >= 0.3 is 0 Å². The molecule has 0 fully saturated rings. The fourth-order valence-corrected chi connectivity index (χ4v) is 4.33. The first-order chi connectivity index (χ1) is 17.4. The van der Waals surface area contributed by atoms with Gasteiger partial charge in [0, 0.05) is 26.1 Å². The Morgan fingerprint density at radius 3 is 2.17 bits per heavy atom. The van der Waals surface area contributed by atoms with Crippen LogP contribution in [0.25, 0.3) is 0 Å². The van der Waals surface area contributed by atoms with Crippen LogP contribution >= 0.6 is 0 Å². The summed E-state index contributed by atoms with van der Waals surface area (Å²) < 4.78 is 5.22. The summed E-state index contributed by atoms with van der Waals surface area (Å²) in [5.74, 6) is -0.324. The van der Waals surface area contributed by atoms with E-state index >= 15 is 0 Å². The molecule has 1 aliphatic heterocycles. The van der Waals surface area contributed by atoms with E-state index in [2.05, 4.69) is 12.2 Å². The fourth-order valence-electron chi connectivity index (χ4n) is 4.33. The number of hydrogen-bond donors (Lipinski definition) is 1. The molecule has 0 saturated carbocycles. The Balaban J connectivity index is 1.69. The molecule has 0 bridgehead atoms. The van der Waals surface area contributed by atoms with E-state index in [0.717, 1.165) is 18.4 Å². The van der Waals surface area contributed by atoms with Crippen LogP contribution in [0.3, 0.4) is 0 Å². The molecule has 0 aliphatic carbocycles. The van der Waals surface area contributed by atoms with E-state index in [9.17, 15) is 19.2 Å². The van der Waals surface area contributed by atoms with Gasteiger partial charge in [0.2, 0.25) is 11.8 Å². The zero-order chi connectivity index (χ0) is 26.1. The molecule has 4 amide bonds. The number of imide groups is 1. The highest BCUT2D eigenvalue weighted by Crippen LogP contribution is 2.23. The molecular weight excluding hydrogens is 458 g/mol. The summed E-state index contributed by atoms with van der Waals surface area (Å²) in [7, 11) is 1.59. The first-order valence-corrected chi connectivity index (χ1v) is 12.6. The van der Waals surface area contributed by atoms with Gasteiger partial charge in [0.1, 0.15) is 11.8 Å². The Morgan fingerprint density at radius 2 is 1.61 bits per heavy atom. The number of hydrogen-bond acceptors (Lipinski definition) is 5. The molecule has 0 aromatic heterocycles. The third kappa shape index (κ3) is 6.30. The third-order valence-corrected chi connectivity index (χ3v) is 6.38. The number of carbonyl (C=O) groups excluding carboxylic acids is 4. The van der Waals surface area contributed by atoms with Crippen molar-refractivity contribution in [3.8, 4) is 5.75 Å². The molecule has 1 unspecified atom stereocenters. The van der Waals surface area contributed by atoms with Crippen molar-refractivity contribution in [3.05, 3.63) is 65.2 Å². The van der Waals surface area contributed by atoms with Gasteiger partial charge in [-0.25, -0.2) is 0 Å². The SMILES string of the molecule is CCCCNC(=O)C(CC)N(Cc1ccc(OC)cc1)C(=O)CCCN1C(=O)c2ccccc2C1=O. The normalized spacial score (nSPS) is 13.4. The molecule has 0 saturated heterocycles. The molecule has 1 N–H and O–H groups in total. The largest absolute Gasteiger partial charge is 0.497 e. The van der Waals surface area contributed by atoms with Crippen LogP contribution in [0.2, 0.25) is 0 Å². The zero-order valence-electron chi connectivity index (χ0n) is 21.3. The van der Waals surface area contributed by atoms with Crippen LogP contribution < -0.4 is 10.1 Å². The van der Waals surface area contributed by atoms with Gasteiger partial charge in [0.15, 0.2) is 0 Å². The highest BCUT2D eigenvalue weighted by Gasteiger charge is 2.35. The molecule has 2 aromatic rings. The van der Waals surface area contributed by atoms with E-state index in [1.165, 1.54) is 4.90 Å². The number of carbonyl (C=O) groups is 4. The summed E-state index contributed by atoms with van der Waals surface area (Å²) in [6, 6.07) is 13.5. The van der Waals surface area contributed by atoms with Gasteiger partial charge in [-0.3, -0.25) is 24.1 Å². The standard InChI is InChI=1S/C28H35N3O5/c1-4-6-17-29-26(33)24(5-2)31(19-20-13-15-21(36-3)16-14-20)25(32)12-9-18-30-27(34)22-10-7-8-11-23(22)28(30)35/h7-8,10-11,13-16,24H,4-6,9,12,17-19H2,1-3H3,(H,29,33). The van der Waals surface area contributed by atoms with Gasteiger partial charge in [-0.2, -0.15) is 0 Å². The second-order valence-corrected chi connectivity index (χ2v) is 8.85. The highest BCUT2D eigenvalue weighted by atomic mass is 16.5. The summed E-state index contributed by atoms with van der Waals surface area (Å²) in [6.45, 7) is 4.92. The minimum atomic E-state index is -0.615. The summed E-state index contributed by atoms with van der Waals surface area (Å²) in [5.41, 5.74) is 1.67. The molecule has 8 heteroatoms. The Morgan fingerprint density at radius 1 is 0.972 bits per heavy atom. The maximum absolute atomic E-state index is 13.4. The number of methoxy groups -OCH3 is 1. The number of amides is 4. The summed E-state index contributed by atoms with van der Waals surface area (Å²) in [5, 5.41) is 2.95. The van der Waals surface area contributed by atoms with Gasteiger partial charge in [-0.15, -0.1) is 0 Å². The highest BCUT2D eigenvalue weighted by molar-refractivity contribution is 6.21. The molecule has 36 heavy (non-hydrogen) atoms. The number of rotatable bonds is 13. The summed E-state index contributed by atoms with van der Waals surface area (Å²) in [4.78, 5) is 54.4. The second-order valence-electron chi connectivity index (χ2n) is 8.85. The van der Waals surface area contributed by atoms with E-state index in [-0.39, 0.29) is 43.1 Å². The van der Waals surface area contributed by atoms with Gasteiger partial charge in [-0.05, 0) is 49.1 Å².